The molecule has 0 bridgehead atoms. The van der Waals surface area contributed by atoms with Crippen molar-refractivity contribution in [3.05, 3.63) is 44.8 Å². The molecule has 2 N–H and O–H groups in total. The van der Waals surface area contributed by atoms with Gasteiger partial charge in [-0.3, -0.25) is 4.79 Å². The van der Waals surface area contributed by atoms with E-state index in [2.05, 4.69) is 26.2 Å². The highest BCUT2D eigenvalue weighted by Gasteiger charge is 2.11. The number of hydrogen-bond donors (Lipinski definition) is 2. The number of nitrogens with zero attached hydrogens (tertiary/aromatic N) is 1. The Morgan fingerprint density at radius 3 is 3.00 bits per heavy atom. The molecule has 0 radical (unpaired) electrons. The summed E-state index contributed by atoms with van der Waals surface area (Å²) in [4.78, 5) is 15.8. The van der Waals surface area contributed by atoms with Crippen LogP contribution in [-0.4, -0.2) is 16.0 Å². The Bertz CT molecular complexity index is 528. The van der Waals surface area contributed by atoms with Gasteiger partial charge in [0.05, 0.1) is 23.3 Å². The van der Waals surface area contributed by atoms with E-state index >= 15 is 0 Å². The zero-order valence-electron chi connectivity index (χ0n) is 8.68. The SMILES string of the molecule is O=C(NCc1cscn1)c1ccc(Br)cc1O. The van der Waals surface area contributed by atoms with Gasteiger partial charge in [0.1, 0.15) is 5.75 Å². The molecule has 88 valence electrons. The zero-order valence-corrected chi connectivity index (χ0v) is 11.1. The number of thiazole rings is 1. The van der Waals surface area contributed by atoms with Crippen LogP contribution in [0.15, 0.2) is 33.6 Å². The van der Waals surface area contributed by atoms with Crippen molar-refractivity contribution >= 4 is 33.2 Å². The van der Waals surface area contributed by atoms with Crippen LogP contribution in [0, 0.1) is 0 Å². The van der Waals surface area contributed by atoms with E-state index in [-0.39, 0.29) is 17.2 Å². The highest BCUT2D eigenvalue weighted by Crippen LogP contribution is 2.22. The van der Waals surface area contributed by atoms with Crippen LogP contribution in [0.1, 0.15) is 16.1 Å². The van der Waals surface area contributed by atoms with E-state index < -0.39 is 0 Å². The number of halogens is 1. The third-order valence-electron chi connectivity index (χ3n) is 2.12. The summed E-state index contributed by atoms with van der Waals surface area (Å²) in [6, 6.07) is 4.75. The summed E-state index contributed by atoms with van der Waals surface area (Å²) in [6.45, 7) is 0.359. The van der Waals surface area contributed by atoms with Crippen LogP contribution in [0.5, 0.6) is 5.75 Å². The minimum Gasteiger partial charge on any atom is -0.507 e. The molecule has 0 aliphatic heterocycles. The minimum absolute atomic E-state index is 0.0462. The van der Waals surface area contributed by atoms with Crippen LogP contribution >= 0.6 is 27.3 Å². The van der Waals surface area contributed by atoms with Crippen LogP contribution < -0.4 is 5.32 Å². The third-order valence-corrected chi connectivity index (χ3v) is 3.25. The van der Waals surface area contributed by atoms with E-state index in [0.29, 0.717) is 6.54 Å². The van der Waals surface area contributed by atoms with Gasteiger partial charge in [-0.15, -0.1) is 11.3 Å². The van der Waals surface area contributed by atoms with Crippen LogP contribution in [0.4, 0.5) is 0 Å². The second kappa shape index (κ2) is 5.29. The lowest BCUT2D eigenvalue weighted by Crippen LogP contribution is -2.22. The molecule has 0 fully saturated rings. The van der Waals surface area contributed by atoms with E-state index in [1.165, 1.54) is 17.4 Å². The molecule has 2 aromatic rings. The molecular weight excluding hydrogens is 304 g/mol. The number of phenolic OH excluding ortho intramolecular Hbond substituents is 1. The van der Waals surface area contributed by atoms with Crippen molar-refractivity contribution in [1.82, 2.24) is 10.3 Å². The van der Waals surface area contributed by atoms with E-state index in [4.69, 9.17) is 0 Å². The summed E-state index contributed by atoms with van der Waals surface area (Å²) in [7, 11) is 0. The van der Waals surface area contributed by atoms with Crippen molar-refractivity contribution < 1.29 is 9.90 Å². The maximum atomic E-state index is 11.8. The van der Waals surface area contributed by atoms with E-state index in [1.807, 2.05) is 5.38 Å². The standard InChI is InChI=1S/C11H9BrN2O2S/c12-7-1-2-9(10(15)3-7)11(16)13-4-8-5-17-6-14-8/h1-3,5-6,15H,4H2,(H,13,16). The first-order chi connectivity index (χ1) is 8.16. The fourth-order valence-electron chi connectivity index (χ4n) is 1.29. The fourth-order valence-corrected chi connectivity index (χ4v) is 2.20. The number of nitrogens with one attached hydrogen (secondary N) is 1. The summed E-state index contributed by atoms with van der Waals surface area (Å²) in [5, 5.41) is 14.2. The van der Waals surface area contributed by atoms with Gasteiger partial charge in [0.25, 0.3) is 5.91 Å². The number of hydrogen-bond acceptors (Lipinski definition) is 4. The van der Waals surface area contributed by atoms with E-state index in [9.17, 15) is 9.90 Å². The molecular formula is C11H9BrN2O2S. The second-order valence-electron chi connectivity index (χ2n) is 3.32. The molecule has 0 spiro atoms. The van der Waals surface area contributed by atoms with Crippen molar-refractivity contribution in [1.29, 1.82) is 0 Å². The van der Waals surface area contributed by atoms with Crippen molar-refractivity contribution in [2.75, 3.05) is 0 Å². The number of carbonyl (C=O) groups is 1. The van der Waals surface area contributed by atoms with Crippen molar-refractivity contribution in [2.45, 2.75) is 6.54 Å². The maximum Gasteiger partial charge on any atom is 0.255 e. The first-order valence-electron chi connectivity index (χ1n) is 4.80. The molecule has 0 aliphatic carbocycles. The number of carbonyl (C=O) groups excluding carboxylic acids is 1. The molecule has 17 heavy (non-hydrogen) atoms. The van der Waals surface area contributed by atoms with Crippen LogP contribution in [0.25, 0.3) is 0 Å². The van der Waals surface area contributed by atoms with Crippen LogP contribution in [0.2, 0.25) is 0 Å². The maximum absolute atomic E-state index is 11.8. The van der Waals surface area contributed by atoms with Crippen molar-refractivity contribution in [2.24, 2.45) is 0 Å². The fraction of sp³-hybridized carbons (Fsp3) is 0.0909. The number of aromatic nitrogens is 1. The predicted molar refractivity (Wildman–Crippen MR) is 69.1 cm³/mol. The number of phenols is 1. The van der Waals surface area contributed by atoms with Gasteiger partial charge in [0.15, 0.2) is 0 Å². The molecule has 1 heterocycles. The number of aromatic hydroxyl groups is 1. The zero-order chi connectivity index (χ0) is 12.3. The largest absolute Gasteiger partial charge is 0.507 e. The Kier molecular flexibility index (Phi) is 3.75. The number of benzene rings is 1. The monoisotopic (exact) mass is 312 g/mol. The summed E-state index contributed by atoms with van der Waals surface area (Å²) in [5.41, 5.74) is 2.77. The summed E-state index contributed by atoms with van der Waals surface area (Å²) in [6.07, 6.45) is 0. The molecule has 1 aromatic carbocycles. The van der Waals surface area contributed by atoms with Gasteiger partial charge in [0, 0.05) is 9.85 Å². The average Bonchev–Trinajstić information content (AvgIpc) is 2.78. The minimum atomic E-state index is -0.317. The first kappa shape index (κ1) is 12.1. The van der Waals surface area contributed by atoms with Crippen molar-refractivity contribution in [3.8, 4) is 5.75 Å². The summed E-state index contributed by atoms with van der Waals surface area (Å²) >= 11 is 4.69. The van der Waals surface area contributed by atoms with Crippen LogP contribution in [-0.2, 0) is 6.54 Å². The number of amides is 1. The van der Waals surface area contributed by atoms with E-state index in [1.54, 1.807) is 17.6 Å². The van der Waals surface area contributed by atoms with Gasteiger partial charge in [0.2, 0.25) is 0 Å². The summed E-state index contributed by atoms with van der Waals surface area (Å²) < 4.78 is 0.728. The second-order valence-corrected chi connectivity index (χ2v) is 4.96. The van der Waals surface area contributed by atoms with Gasteiger partial charge < -0.3 is 10.4 Å². The Morgan fingerprint density at radius 2 is 2.35 bits per heavy atom. The van der Waals surface area contributed by atoms with Crippen molar-refractivity contribution in [3.63, 3.8) is 0 Å². The van der Waals surface area contributed by atoms with E-state index in [0.717, 1.165) is 10.2 Å². The lowest BCUT2D eigenvalue weighted by molar-refractivity contribution is 0.0948. The highest BCUT2D eigenvalue weighted by atomic mass is 79.9. The Hall–Kier alpha value is -1.40. The smallest absolute Gasteiger partial charge is 0.255 e. The molecule has 4 nitrogen and oxygen atoms in total. The molecule has 0 aliphatic rings. The van der Waals surface area contributed by atoms with Gasteiger partial charge in [-0.25, -0.2) is 4.98 Å². The Balaban J connectivity index is 2.04. The molecule has 0 saturated carbocycles. The van der Waals surface area contributed by atoms with Gasteiger partial charge in [-0.05, 0) is 18.2 Å². The quantitative estimate of drug-likeness (QED) is 0.915. The molecule has 1 aromatic heterocycles. The predicted octanol–water partition coefficient (Wildman–Crippen LogP) is 2.54. The third kappa shape index (κ3) is 3.04. The Morgan fingerprint density at radius 1 is 1.53 bits per heavy atom. The normalized spacial score (nSPS) is 10.2. The molecule has 0 atom stereocenters. The first-order valence-corrected chi connectivity index (χ1v) is 6.54. The summed E-state index contributed by atoms with van der Waals surface area (Å²) in [5.74, 6) is -0.363. The Labute approximate surface area is 110 Å². The van der Waals surface area contributed by atoms with Gasteiger partial charge >= 0.3 is 0 Å². The van der Waals surface area contributed by atoms with Gasteiger partial charge in [-0.1, -0.05) is 15.9 Å². The lowest BCUT2D eigenvalue weighted by Gasteiger charge is -2.05. The molecule has 0 unspecified atom stereocenters. The topological polar surface area (TPSA) is 62.2 Å². The highest BCUT2D eigenvalue weighted by molar-refractivity contribution is 9.10. The number of rotatable bonds is 3. The molecule has 1 amide bonds. The molecule has 2 rings (SSSR count). The lowest BCUT2D eigenvalue weighted by atomic mass is 10.2. The van der Waals surface area contributed by atoms with Crippen LogP contribution in [0.3, 0.4) is 0 Å². The molecule has 0 saturated heterocycles. The molecule has 6 heteroatoms. The van der Waals surface area contributed by atoms with Gasteiger partial charge in [-0.2, -0.15) is 0 Å². The average molecular weight is 313 g/mol.